The number of fused-ring (bicyclic) bond motifs is 1. The maximum absolute atomic E-state index is 13.7. The number of amides is 3. The topological polar surface area (TPSA) is 123 Å². The molecule has 1 atom stereocenters. The minimum Gasteiger partial charge on any atom is -0.493 e. The van der Waals surface area contributed by atoms with E-state index in [1.54, 1.807) is 67.6 Å². The van der Waals surface area contributed by atoms with E-state index in [1.165, 1.54) is 30.2 Å². The predicted octanol–water partition coefficient (Wildman–Crippen LogP) is 7.34. The third-order valence-corrected chi connectivity index (χ3v) is 9.92. The molecule has 0 spiro atoms. The number of esters is 1. The zero-order valence-corrected chi connectivity index (χ0v) is 28.6. The summed E-state index contributed by atoms with van der Waals surface area (Å²) in [4.78, 5) is 54.5. The molecule has 4 aromatic rings. The normalized spacial score (nSPS) is 13.1. The number of para-hydroxylation sites is 1. The van der Waals surface area contributed by atoms with Gasteiger partial charge in [0.15, 0.2) is 0 Å². The first-order valence-corrected chi connectivity index (χ1v) is 17.4. The van der Waals surface area contributed by atoms with Gasteiger partial charge in [-0.15, -0.1) is 23.1 Å². The molecule has 48 heavy (non-hydrogen) atoms. The van der Waals surface area contributed by atoms with Gasteiger partial charge in [0.1, 0.15) is 16.4 Å². The van der Waals surface area contributed by atoms with Gasteiger partial charge in [0.05, 0.1) is 24.5 Å². The molecule has 5 rings (SSSR count). The van der Waals surface area contributed by atoms with Gasteiger partial charge in [-0.1, -0.05) is 42.5 Å². The zero-order chi connectivity index (χ0) is 34.0. The van der Waals surface area contributed by atoms with Crippen LogP contribution in [0.3, 0.4) is 0 Å². The summed E-state index contributed by atoms with van der Waals surface area (Å²) >= 11 is 2.76. The van der Waals surface area contributed by atoms with Crippen molar-refractivity contribution in [3.63, 3.8) is 0 Å². The van der Waals surface area contributed by atoms with Crippen molar-refractivity contribution in [2.75, 3.05) is 24.4 Å². The Bertz CT molecular complexity index is 1840. The summed E-state index contributed by atoms with van der Waals surface area (Å²) in [5.41, 5.74) is 2.98. The van der Waals surface area contributed by atoms with Gasteiger partial charge in [-0.3, -0.25) is 14.4 Å². The standard InChI is InChI=1S/C37H37N3O6S2/c1-4-46-30-19-10-8-15-25(30)21-29(39-34(42)24-13-6-5-7-14-24)35(43)38-26-16-12-17-27(22-26)47-23(2)33(41)40-36-32(37(44)45-3)28-18-9-11-20-31(28)48-36/h5-8,10,12-17,19,21-23H,4,9,11,18,20H2,1-3H3,(H,38,43)(H,39,42)(H,40,41)/b29-21+. The van der Waals surface area contributed by atoms with E-state index in [9.17, 15) is 19.2 Å². The molecule has 3 aromatic carbocycles. The Kier molecular flexibility index (Phi) is 11.7. The van der Waals surface area contributed by atoms with E-state index in [-0.39, 0.29) is 11.6 Å². The van der Waals surface area contributed by atoms with Gasteiger partial charge in [-0.2, -0.15) is 0 Å². The summed E-state index contributed by atoms with van der Waals surface area (Å²) in [6.07, 6.45) is 5.31. The minimum absolute atomic E-state index is 0.0295. The van der Waals surface area contributed by atoms with E-state index in [1.807, 2.05) is 31.2 Å². The molecule has 1 aliphatic carbocycles. The Hall–Kier alpha value is -4.87. The third kappa shape index (κ3) is 8.53. The molecule has 0 fully saturated rings. The lowest BCUT2D eigenvalue weighted by Gasteiger charge is -2.15. The number of benzene rings is 3. The van der Waals surface area contributed by atoms with E-state index in [2.05, 4.69) is 16.0 Å². The number of thiophene rings is 1. The van der Waals surface area contributed by atoms with Crippen LogP contribution >= 0.6 is 23.1 Å². The highest BCUT2D eigenvalue weighted by Gasteiger charge is 2.28. The second kappa shape index (κ2) is 16.3. The van der Waals surface area contributed by atoms with Crippen molar-refractivity contribution < 1.29 is 28.7 Å². The van der Waals surface area contributed by atoms with E-state index >= 15 is 0 Å². The van der Waals surface area contributed by atoms with Crippen molar-refractivity contribution in [1.82, 2.24) is 5.32 Å². The van der Waals surface area contributed by atoms with Crippen molar-refractivity contribution in [3.8, 4) is 5.75 Å². The molecule has 1 unspecified atom stereocenters. The predicted molar refractivity (Wildman–Crippen MR) is 191 cm³/mol. The SMILES string of the molecule is CCOc1ccccc1/C=C(/NC(=O)c1ccccc1)C(=O)Nc1cccc(SC(C)C(=O)Nc2sc3c(c2C(=O)OC)CCCC3)c1. The van der Waals surface area contributed by atoms with Crippen molar-refractivity contribution >= 4 is 63.6 Å². The van der Waals surface area contributed by atoms with Crippen LogP contribution in [-0.2, 0) is 27.2 Å². The fourth-order valence-corrected chi connectivity index (χ4v) is 7.48. The van der Waals surface area contributed by atoms with Gasteiger partial charge in [-0.05, 0) is 87.6 Å². The summed E-state index contributed by atoms with van der Waals surface area (Å²) in [7, 11) is 1.35. The lowest BCUT2D eigenvalue weighted by molar-refractivity contribution is -0.115. The smallest absolute Gasteiger partial charge is 0.341 e. The zero-order valence-electron chi connectivity index (χ0n) is 27.0. The first kappa shape index (κ1) is 34.5. The fourth-order valence-electron chi connectivity index (χ4n) is 5.27. The summed E-state index contributed by atoms with van der Waals surface area (Å²) < 4.78 is 10.8. The number of hydrogen-bond donors (Lipinski definition) is 3. The minimum atomic E-state index is -0.532. The third-order valence-electron chi connectivity index (χ3n) is 7.62. The lowest BCUT2D eigenvalue weighted by atomic mass is 9.95. The molecule has 1 aromatic heterocycles. The molecule has 248 valence electrons. The van der Waals surface area contributed by atoms with E-state index < -0.39 is 23.0 Å². The van der Waals surface area contributed by atoms with Crippen molar-refractivity contribution in [2.24, 2.45) is 0 Å². The number of ether oxygens (including phenoxy) is 2. The highest BCUT2D eigenvalue weighted by atomic mass is 32.2. The Morgan fingerprint density at radius 1 is 0.938 bits per heavy atom. The molecule has 0 bridgehead atoms. The number of nitrogens with one attached hydrogen (secondary N) is 3. The molecule has 9 nitrogen and oxygen atoms in total. The molecule has 0 saturated carbocycles. The number of hydrogen-bond acceptors (Lipinski definition) is 8. The second-order valence-electron chi connectivity index (χ2n) is 11.0. The van der Waals surface area contributed by atoms with Crippen LogP contribution in [0.2, 0.25) is 0 Å². The Balaban J connectivity index is 1.31. The number of carbonyl (C=O) groups is 4. The molecule has 0 saturated heterocycles. The first-order chi connectivity index (χ1) is 23.3. The molecular weight excluding hydrogens is 647 g/mol. The van der Waals surface area contributed by atoms with Crippen LogP contribution in [0.4, 0.5) is 10.7 Å². The number of anilines is 2. The van der Waals surface area contributed by atoms with Crippen LogP contribution in [0.1, 0.15) is 63.4 Å². The average Bonchev–Trinajstić information content (AvgIpc) is 3.46. The van der Waals surface area contributed by atoms with Crippen LogP contribution in [0.5, 0.6) is 5.75 Å². The van der Waals surface area contributed by atoms with Crippen LogP contribution in [0.25, 0.3) is 6.08 Å². The number of rotatable bonds is 12. The van der Waals surface area contributed by atoms with Crippen LogP contribution < -0.4 is 20.7 Å². The average molecular weight is 684 g/mol. The van der Waals surface area contributed by atoms with Crippen LogP contribution in [0, 0.1) is 0 Å². The van der Waals surface area contributed by atoms with Crippen molar-refractivity contribution in [1.29, 1.82) is 0 Å². The van der Waals surface area contributed by atoms with Gasteiger partial charge in [0, 0.05) is 26.6 Å². The molecule has 11 heteroatoms. The monoisotopic (exact) mass is 683 g/mol. The van der Waals surface area contributed by atoms with Crippen molar-refractivity contribution in [2.45, 2.75) is 49.7 Å². The Morgan fingerprint density at radius 2 is 1.69 bits per heavy atom. The molecule has 1 aliphatic rings. The second-order valence-corrected chi connectivity index (χ2v) is 13.5. The summed E-state index contributed by atoms with van der Waals surface area (Å²) in [5, 5.41) is 8.61. The van der Waals surface area contributed by atoms with Crippen LogP contribution in [-0.4, -0.2) is 42.7 Å². The number of thioether (sulfide) groups is 1. The number of carbonyl (C=O) groups excluding carboxylic acids is 4. The van der Waals surface area contributed by atoms with Gasteiger partial charge in [0.2, 0.25) is 5.91 Å². The quantitative estimate of drug-likeness (QED) is 0.0811. The molecule has 1 heterocycles. The fraction of sp³-hybridized carbons (Fsp3) is 0.243. The molecular formula is C37H37N3O6S2. The highest BCUT2D eigenvalue weighted by molar-refractivity contribution is 8.00. The van der Waals surface area contributed by atoms with Gasteiger partial charge in [0.25, 0.3) is 11.8 Å². The van der Waals surface area contributed by atoms with Crippen LogP contribution in [0.15, 0.2) is 89.5 Å². The maximum Gasteiger partial charge on any atom is 0.341 e. The summed E-state index contributed by atoms with van der Waals surface area (Å²) in [6, 6.07) is 23.0. The maximum atomic E-state index is 13.7. The summed E-state index contributed by atoms with van der Waals surface area (Å²) in [6.45, 7) is 4.09. The van der Waals surface area contributed by atoms with E-state index in [0.717, 1.165) is 41.0 Å². The molecule has 3 N–H and O–H groups in total. The number of aryl methyl sites for hydroxylation is 1. The largest absolute Gasteiger partial charge is 0.493 e. The molecule has 3 amide bonds. The van der Waals surface area contributed by atoms with E-state index in [0.29, 0.717) is 39.7 Å². The molecule has 0 radical (unpaired) electrons. The summed E-state index contributed by atoms with van der Waals surface area (Å²) in [5.74, 6) is -1.08. The molecule has 0 aliphatic heterocycles. The number of methoxy groups -OCH3 is 1. The van der Waals surface area contributed by atoms with Gasteiger partial charge < -0.3 is 25.4 Å². The first-order valence-electron chi connectivity index (χ1n) is 15.7. The highest BCUT2D eigenvalue weighted by Crippen LogP contribution is 2.39. The van der Waals surface area contributed by atoms with Gasteiger partial charge in [-0.25, -0.2) is 4.79 Å². The van der Waals surface area contributed by atoms with E-state index in [4.69, 9.17) is 9.47 Å². The Labute approximate surface area is 288 Å². The lowest BCUT2D eigenvalue weighted by Crippen LogP contribution is -2.30. The van der Waals surface area contributed by atoms with Crippen molar-refractivity contribution in [3.05, 3.63) is 112 Å². The Morgan fingerprint density at radius 3 is 2.46 bits per heavy atom. The van der Waals surface area contributed by atoms with Gasteiger partial charge >= 0.3 is 5.97 Å².